The van der Waals surface area contributed by atoms with Crippen molar-refractivity contribution in [1.82, 2.24) is 10.3 Å². The van der Waals surface area contributed by atoms with E-state index in [1.165, 1.54) is 0 Å². The fourth-order valence-corrected chi connectivity index (χ4v) is 1.81. The highest BCUT2D eigenvalue weighted by molar-refractivity contribution is 5.79. The normalized spacial score (nSPS) is 14.0. The summed E-state index contributed by atoms with van der Waals surface area (Å²) >= 11 is 0. The number of hydrogen-bond acceptors (Lipinski definition) is 3. The standard InChI is InChI=1S/C14H22N2O2/c1-4-14(3,7-9-17)16-13(18)10-12-11(2)6-5-8-15-12/h5-6,8,17H,4,7,9-10H2,1-3H3,(H,16,18). The van der Waals surface area contributed by atoms with Crippen molar-refractivity contribution in [2.24, 2.45) is 0 Å². The maximum Gasteiger partial charge on any atom is 0.226 e. The Morgan fingerprint density at radius 3 is 2.83 bits per heavy atom. The molecular weight excluding hydrogens is 228 g/mol. The van der Waals surface area contributed by atoms with Crippen LogP contribution in [0.1, 0.15) is 37.9 Å². The summed E-state index contributed by atoms with van der Waals surface area (Å²) in [6, 6.07) is 3.81. The largest absolute Gasteiger partial charge is 0.396 e. The molecule has 4 heteroatoms. The maximum absolute atomic E-state index is 12.0. The number of aryl methyl sites for hydroxylation is 1. The lowest BCUT2D eigenvalue weighted by atomic mass is 9.94. The zero-order valence-corrected chi connectivity index (χ0v) is 11.4. The Morgan fingerprint density at radius 1 is 1.56 bits per heavy atom. The molecule has 0 saturated heterocycles. The van der Waals surface area contributed by atoms with Crippen molar-refractivity contribution >= 4 is 5.91 Å². The molecule has 1 atom stereocenters. The summed E-state index contributed by atoms with van der Waals surface area (Å²) in [6.45, 7) is 5.98. The molecule has 0 saturated carbocycles. The van der Waals surface area contributed by atoms with Gasteiger partial charge in [0.15, 0.2) is 0 Å². The van der Waals surface area contributed by atoms with Gasteiger partial charge in [0.25, 0.3) is 0 Å². The number of carbonyl (C=O) groups is 1. The summed E-state index contributed by atoms with van der Waals surface area (Å²) in [7, 11) is 0. The van der Waals surface area contributed by atoms with Crippen molar-refractivity contribution in [2.75, 3.05) is 6.61 Å². The van der Waals surface area contributed by atoms with Gasteiger partial charge in [-0.1, -0.05) is 13.0 Å². The fourth-order valence-electron chi connectivity index (χ4n) is 1.81. The van der Waals surface area contributed by atoms with Gasteiger partial charge in [-0.25, -0.2) is 0 Å². The molecule has 0 spiro atoms. The van der Waals surface area contributed by atoms with Crippen LogP contribution >= 0.6 is 0 Å². The van der Waals surface area contributed by atoms with E-state index in [1.807, 2.05) is 32.9 Å². The molecule has 1 amide bonds. The van der Waals surface area contributed by atoms with Gasteiger partial charge in [-0.15, -0.1) is 0 Å². The Bertz CT molecular complexity index is 407. The van der Waals surface area contributed by atoms with Crippen LogP contribution in [0.15, 0.2) is 18.3 Å². The summed E-state index contributed by atoms with van der Waals surface area (Å²) in [6.07, 6.45) is 3.34. The molecule has 0 aliphatic heterocycles. The molecule has 1 unspecified atom stereocenters. The van der Waals surface area contributed by atoms with Crippen LogP contribution < -0.4 is 5.32 Å². The van der Waals surface area contributed by atoms with Gasteiger partial charge >= 0.3 is 0 Å². The second kappa shape index (κ2) is 6.50. The quantitative estimate of drug-likeness (QED) is 0.806. The van der Waals surface area contributed by atoms with Crippen LogP contribution in [0.2, 0.25) is 0 Å². The first-order valence-corrected chi connectivity index (χ1v) is 6.33. The first-order valence-electron chi connectivity index (χ1n) is 6.33. The summed E-state index contributed by atoms with van der Waals surface area (Å²) in [5, 5.41) is 12.0. The topological polar surface area (TPSA) is 62.2 Å². The van der Waals surface area contributed by atoms with E-state index in [9.17, 15) is 4.79 Å². The van der Waals surface area contributed by atoms with Crippen molar-refractivity contribution in [1.29, 1.82) is 0 Å². The van der Waals surface area contributed by atoms with Crippen LogP contribution in [-0.4, -0.2) is 28.1 Å². The Labute approximate surface area is 108 Å². The van der Waals surface area contributed by atoms with E-state index in [2.05, 4.69) is 10.3 Å². The van der Waals surface area contributed by atoms with Crippen LogP contribution in [0.4, 0.5) is 0 Å². The van der Waals surface area contributed by atoms with Crippen LogP contribution in [0, 0.1) is 6.92 Å². The van der Waals surface area contributed by atoms with E-state index >= 15 is 0 Å². The first-order chi connectivity index (χ1) is 8.50. The van der Waals surface area contributed by atoms with Crippen molar-refractivity contribution in [3.05, 3.63) is 29.6 Å². The Hall–Kier alpha value is -1.42. The van der Waals surface area contributed by atoms with Gasteiger partial charge in [0.1, 0.15) is 0 Å². The fraction of sp³-hybridized carbons (Fsp3) is 0.571. The van der Waals surface area contributed by atoms with Gasteiger partial charge in [-0.05, 0) is 38.3 Å². The zero-order chi connectivity index (χ0) is 13.6. The van der Waals surface area contributed by atoms with E-state index in [4.69, 9.17) is 5.11 Å². The van der Waals surface area contributed by atoms with E-state index in [0.717, 1.165) is 17.7 Å². The predicted molar refractivity (Wildman–Crippen MR) is 71.2 cm³/mol. The minimum absolute atomic E-state index is 0.0467. The van der Waals surface area contributed by atoms with E-state index in [1.54, 1.807) is 6.20 Å². The second-order valence-electron chi connectivity index (χ2n) is 4.88. The van der Waals surface area contributed by atoms with Gasteiger partial charge in [0.2, 0.25) is 5.91 Å². The lowest BCUT2D eigenvalue weighted by molar-refractivity contribution is -0.122. The molecule has 0 bridgehead atoms. The molecule has 4 nitrogen and oxygen atoms in total. The Balaban J connectivity index is 2.64. The molecule has 1 aromatic heterocycles. The molecule has 1 aromatic rings. The summed E-state index contributed by atoms with van der Waals surface area (Å²) < 4.78 is 0. The highest BCUT2D eigenvalue weighted by atomic mass is 16.3. The third kappa shape index (κ3) is 4.11. The van der Waals surface area contributed by atoms with Gasteiger partial charge in [-0.3, -0.25) is 9.78 Å². The number of carbonyl (C=O) groups excluding carboxylic acids is 1. The van der Waals surface area contributed by atoms with E-state index in [0.29, 0.717) is 6.42 Å². The van der Waals surface area contributed by atoms with Crippen LogP contribution in [0.3, 0.4) is 0 Å². The van der Waals surface area contributed by atoms with Gasteiger partial charge in [-0.2, -0.15) is 0 Å². The SMILES string of the molecule is CCC(C)(CCO)NC(=O)Cc1ncccc1C. The number of pyridine rings is 1. The molecule has 0 radical (unpaired) electrons. The summed E-state index contributed by atoms with van der Waals surface area (Å²) in [4.78, 5) is 16.2. The lowest BCUT2D eigenvalue weighted by Gasteiger charge is -2.29. The highest BCUT2D eigenvalue weighted by Gasteiger charge is 2.23. The molecule has 1 rings (SSSR count). The summed E-state index contributed by atoms with van der Waals surface area (Å²) in [5.74, 6) is -0.0467. The number of amides is 1. The van der Waals surface area contributed by atoms with Crippen molar-refractivity contribution in [3.63, 3.8) is 0 Å². The van der Waals surface area contributed by atoms with Crippen molar-refractivity contribution in [3.8, 4) is 0 Å². The lowest BCUT2D eigenvalue weighted by Crippen LogP contribution is -2.46. The molecule has 0 aliphatic carbocycles. The molecule has 1 heterocycles. The van der Waals surface area contributed by atoms with E-state index < -0.39 is 0 Å². The Morgan fingerprint density at radius 2 is 2.28 bits per heavy atom. The Kier molecular flexibility index (Phi) is 5.28. The molecule has 18 heavy (non-hydrogen) atoms. The molecule has 2 N–H and O–H groups in total. The number of aromatic nitrogens is 1. The minimum atomic E-state index is -0.339. The smallest absolute Gasteiger partial charge is 0.226 e. The third-order valence-corrected chi connectivity index (χ3v) is 3.33. The zero-order valence-electron chi connectivity index (χ0n) is 11.4. The predicted octanol–water partition coefficient (Wildman–Crippen LogP) is 1.60. The monoisotopic (exact) mass is 250 g/mol. The number of hydrogen-bond donors (Lipinski definition) is 2. The maximum atomic E-state index is 12.0. The highest BCUT2D eigenvalue weighted by Crippen LogP contribution is 2.14. The number of rotatable bonds is 6. The number of aliphatic hydroxyl groups excluding tert-OH is 1. The van der Waals surface area contributed by atoms with Crippen molar-refractivity contribution in [2.45, 2.75) is 45.6 Å². The molecule has 0 fully saturated rings. The number of nitrogens with one attached hydrogen (secondary N) is 1. The van der Waals surface area contributed by atoms with Gasteiger partial charge < -0.3 is 10.4 Å². The second-order valence-corrected chi connectivity index (χ2v) is 4.88. The number of aliphatic hydroxyl groups is 1. The van der Waals surface area contributed by atoms with Crippen LogP contribution in [0.5, 0.6) is 0 Å². The van der Waals surface area contributed by atoms with Gasteiger partial charge in [0, 0.05) is 18.3 Å². The van der Waals surface area contributed by atoms with Crippen LogP contribution in [-0.2, 0) is 11.2 Å². The third-order valence-electron chi connectivity index (χ3n) is 3.33. The molecule has 100 valence electrons. The average Bonchev–Trinajstić information content (AvgIpc) is 2.32. The first kappa shape index (κ1) is 14.6. The molecule has 0 aliphatic rings. The molecule has 0 aromatic carbocycles. The average molecular weight is 250 g/mol. The van der Waals surface area contributed by atoms with Crippen LogP contribution in [0.25, 0.3) is 0 Å². The number of nitrogens with zero attached hydrogens (tertiary/aromatic N) is 1. The molecular formula is C14H22N2O2. The minimum Gasteiger partial charge on any atom is -0.396 e. The summed E-state index contributed by atoms with van der Waals surface area (Å²) in [5.41, 5.74) is 1.49. The van der Waals surface area contributed by atoms with Gasteiger partial charge in [0.05, 0.1) is 12.1 Å². The van der Waals surface area contributed by atoms with Crippen molar-refractivity contribution < 1.29 is 9.90 Å². The van der Waals surface area contributed by atoms with E-state index in [-0.39, 0.29) is 24.5 Å².